The first kappa shape index (κ1) is 13.5. The van der Waals surface area contributed by atoms with Crippen LogP contribution in [-0.4, -0.2) is 17.0 Å². The molecule has 0 bridgehead atoms. The quantitative estimate of drug-likeness (QED) is 0.876. The monoisotopic (exact) mass is 269 g/mol. The van der Waals surface area contributed by atoms with Crippen LogP contribution >= 0.6 is 0 Å². The number of carboxylic acid groups (broad SMARTS) is 1. The number of carbonyl (C=O) groups is 2. The molecule has 1 aliphatic carbocycles. The third-order valence-electron chi connectivity index (χ3n) is 3.24. The number of rotatable bonds is 4. The summed E-state index contributed by atoms with van der Waals surface area (Å²) in [5.74, 6) is -4.27. The van der Waals surface area contributed by atoms with Gasteiger partial charge in [0, 0.05) is 5.56 Å². The Hall–Kier alpha value is -1.98. The van der Waals surface area contributed by atoms with Crippen molar-refractivity contribution in [1.82, 2.24) is 5.32 Å². The molecule has 0 radical (unpaired) electrons. The van der Waals surface area contributed by atoms with E-state index in [2.05, 4.69) is 5.32 Å². The predicted octanol–water partition coefficient (Wildman–Crippen LogP) is 1.86. The van der Waals surface area contributed by atoms with Gasteiger partial charge in [-0.3, -0.25) is 9.59 Å². The van der Waals surface area contributed by atoms with Crippen molar-refractivity contribution in [3.8, 4) is 0 Å². The molecular weight excluding hydrogens is 256 g/mol. The lowest BCUT2D eigenvalue weighted by Crippen LogP contribution is -2.30. The molecule has 3 atom stereocenters. The smallest absolute Gasteiger partial charge is 0.307 e. The van der Waals surface area contributed by atoms with Crippen molar-refractivity contribution in [2.75, 3.05) is 0 Å². The van der Waals surface area contributed by atoms with E-state index in [1.807, 2.05) is 0 Å². The summed E-state index contributed by atoms with van der Waals surface area (Å²) in [5, 5.41) is 11.2. The molecule has 3 unspecified atom stereocenters. The Morgan fingerprint density at radius 3 is 2.37 bits per heavy atom. The van der Waals surface area contributed by atoms with Crippen molar-refractivity contribution in [1.29, 1.82) is 0 Å². The summed E-state index contributed by atoms with van der Waals surface area (Å²) in [5.41, 5.74) is -0.219. The number of carbonyl (C=O) groups excluding carboxylic acids is 1. The second-order valence-electron chi connectivity index (χ2n) is 4.65. The Morgan fingerprint density at radius 1 is 1.32 bits per heavy atom. The molecule has 4 nitrogen and oxygen atoms in total. The molecular formula is C13H13F2NO3. The second-order valence-corrected chi connectivity index (χ2v) is 4.65. The maximum absolute atomic E-state index is 13.5. The molecule has 6 heteroatoms. The highest BCUT2D eigenvalue weighted by Gasteiger charge is 2.48. The first-order chi connectivity index (χ1) is 8.91. The minimum atomic E-state index is -1.02. The topological polar surface area (TPSA) is 66.4 Å². The summed E-state index contributed by atoms with van der Waals surface area (Å²) in [6.07, 6.45) is 0.271. The van der Waals surface area contributed by atoms with Crippen molar-refractivity contribution in [3.05, 3.63) is 35.4 Å². The normalized spacial score (nSPS) is 22.7. The summed E-state index contributed by atoms with van der Waals surface area (Å²) < 4.78 is 27.0. The van der Waals surface area contributed by atoms with Gasteiger partial charge < -0.3 is 10.4 Å². The molecule has 0 aliphatic heterocycles. The van der Waals surface area contributed by atoms with Crippen LogP contribution in [0.5, 0.6) is 0 Å². The molecule has 0 aromatic heterocycles. The molecule has 1 aromatic carbocycles. The lowest BCUT2D eigenvalue weighted by atomic mass is 10.1. The molecule has 1 aromatic rings. The van der Waals surface area contributed by atoms with Crippen LogP contribution in [-0.2, 0) is 9.59 Å². The van der Waals surface area contributed by atoms with Crippen LogP contribution in [0.3, 0.4) is 0 Å². The zero-order chi connectivity index (χ0) is 14.2. The molecule has 0 saturated heterocycles. The third-order valence-corrected chi connectivity index (χ3v) is 3.24. The van der Waals surface area contributed by atoms with Crippen LogP contribution in [0.25, 0.3) is 0 Å². The summed E-state index contributed by atoms with van der Waals surface area (Å²) in [6.45, 7) is 1.46. The second kappa shape index (κ2) is 4.95. The lowest BCUT2D eigenvalue weighted by molar-refractivity contribution is -0.140. The number of aliphatic carboxylic acids is 1. The molecule has 2 rings (SSSR count). The number of benzene rings is 1. The maximum Gasteiger partial charge on any atom is 0.307 e. The van der Waals surface area contributed by atoms with E-state index >= 15 is 0 Å². The van der Waals surface area contributed by atoms with Gasteiger partial charge in [-0.1, -0.05) is 6.07 Å². The van der Waals surface area contributed by atoms with Crippen molar-refractivity contribution >= 4 is 11.9 Å². The zero-order valence-corrected chi connectivity index (χ0v) is 10.2. The van der Waals surface area contributed by atoms with Gasteiger partial charge in [-0.15, -0.1) is 0 Å². The van der Waals surface area contributed by atoms with E-state index in [1.165, 1.54) is 13.0 Å². The number of nitrogens with one attached hydrogen (secondary N) is 1. The lowest BCUT2D eigenvalue weighted by Gasteiger charge is -2.15. The summed E-state index contributed by atoms with van der Waals surface area (Å²) in [6, 6.07) is 2.62. The first-order valence-corrected chi connectivity index (χ1v) is 5.89. The fourth-order valence-corrected chi connectivity index (χ4v) is 2.07. The van der Waals surface area contributed by atoms with E-state index in [4.69, 9.17) is 5.11 Å². The highest BCUT2D eigenvalue weighted by atomic mass is 19.1. The number of carboxylic acids is 1. The Morgan fingerprint density at radius 2 is 1.89 bits per heavy atom. The van der Waals surface area contributed by atoms with Gasteiger partial charge in [0.1, 0.15) is 11.6 Å². The zero-order valence-electron chi connectivity index (χ0n) is 10.2. The Bertz CT molecular complexity index is 512. The van der Waals surface area contributed by atoms with Gasteiger partial charge in [0.2, 0.25) is 5.91 Å². The fourth-order valence-electron chi connectivity index (χ4n) is 2.07. The van der Waals surface area contributed by atoms with Crippen LogP contribution in [0.1, 0.15) is 24.9 Å². The van der Waals surface area contributed by atoms with Gasteiger partial charge in [0.05, 0.1) is 17.9 Å². The SMILES string of the molecule is CC(NC(=O)C1CC1C(=O)O)c1c(F)cccc1F. The molecule has 1 amide bonds. The van der Waals surface area contributed by atoms with Crippen LogP contribution in [0, 0.1) is 23.5 Å². The average Bonchev–Trinajstić information content (AvgIpc) is 3.08. The van der Waals surface area contributed by atoms with Crippen LogP contribution < -0.4 is 5.32 Å². The largest absolute Gasteiger partial charge is 0.481 e. The molecule has 102 valence electrons. The molecule has 1 aliphatic rings. The van der Waals surface area contributed by atoms with Gasteiger partial charge in [0.15, 0.2) is 0 Å². The molecule has 1 fully saturated rings. The van der Waals surface area contributed by atoms with Gasteiger partial charge in [0.25, 0.3) is 0 Å². The Kier molecular flexibility index (Phi) is 3.50. The van der Waals surface area contributed by atoms with Crippen molar-refractivity contribution in [2.45, 2.75) is 19.4 Å². The van der Waals surface area contributed by atoms with E-state index in [9.17, 15) is 18.4 Å². The van der Waals surface area contributed by atoms with Crippen molar-refractivity contribution in [2.24, 2.45) is 11.8 Å². The summed E-state index contributed by atoms with van der Waals surface area (Å²) in [4.78, 5) is 22.3. The maximum atomic E-state index is 13.5. The van der Waals surface area contributed by atoms with Crippen molar-refractivity contribution in [3.63, 3.8) is 0 Å². The minimum Gasteiger partial charge on any atom is -0.481 e. The Balaban J connectivity index is 2.04. The van der Waals surface area contributed by atoms with E-state index in [0.29, 0.717) is 0 Å². The molecule has 1 saturated carbocycles. The van der Waals surface area contributed by atoms with Crippen LogP contribution in [0.4, 0.5) is 8.78 Å². The van der Waals surface area contributed by atoms with E-state index < -0.39 is 41.4 Å². The summed E-state index contributed by atoms with van der Waals surface area (Å²) >= 11 is 0. The highest BCUT2D eigenvalue weighted by molar-refractivity contribution is 5.89. The van der Waals surface area contributed by atoms with Gasteiger partial charge in [-0.2, -0.15) is 0 Å². The van der Waals surface area contributed by atoms with Gasteiger partial charge in [-0.05, 0) is 25.5 Å². The first-order valence-electron chi connectivity index (χ1n) is 5.89. The van der Waals surface area contributed by atoms with Crippen LogP contribution in [0.15, 0.2) is 18.2 Å². The Labute approximate surface area is 108 Å². The number of hydrogen-bond donors (Lipinski definition) is 2. The van der Waals surface area contributed by atoms with E-state index in [-0.39, 0.29) is 12.0 Å². The van der Waals surface area contributed by atoms with E-state index in [1.54, 1.807) is 0 Å². The molecule has 2 N–H and O–H groups in total. The molecule has 0 spiro atoms. The molecule has 19 heavy (non-hydrogen) atoms. The van der Waals surface area contributed by atoms with Gasteiger partial charge >= 0.3 is 5.97 Å². The number of halogens is 2. The average molecular weight is 269 g/mol. The fraction of sp³-hybridized carbons (Fsp3) is 0.385. The minimum absolute atomic E-state index is 0.219. The number of hydrogen-bond acceptors (Lipinski definition) is 2. The van der Waals surface area contributed by atoms with Gasteiger partial charge in [-0.25, -0.2) is 8.78 Å². The van der Waals surface area contributed by atoms with E-state index in [0.717, 1.165) is 12.1 Å². The molecule has 0 heterocycles. The van der Waals surface area contributed by atoms with Crippen LogP contribution in [0.2, 0.25) is 0 Å². The third kappa shape index (κ3) is 2.72. The number of amides is 1. The highest BCUT2D eigenvalue weighted by Crippen LogP contribution is 2.39. The standard InChI is InChI=1S/C13H13F2NO3/c1-6(11-9(14)3-2-4-10(11)15)16-12(17)7-5-8(7)13(18)19/h2-4,6-8H,5H2,1H3,(H,16,17)(H,18,19). The summed E-state index contributed by atoms with van der Waals surface area (Å²) in [7, 11) is 0. The van der Waals surface area contributed by atoms with Crippen molar-refractivity contribution < 1.29 is 23.5 Å². The predicted molar refractivity (Wildman–Crippen MR) is 62.1 cm³/mol.